The molecule has 0 spiro atoms. The van der Waals surface area contributed by atoms with Gasteiger partial charge in [0.2, 0.25) is 0 Å². The average molecular weight is 93.1 g/mol. The zero-order valence-electron chi connectivity index (χ0n) is 3.57. The molecule has 0 aromatic carbocycles. The van der Waals surface area contributed by atoms with Gasteiger partial charge in [-0.2, -0.15) is 10.1 Å². The third kappa shape index (κ3) is 1.11. The third-order valence-electron chi connectivity index (χ3n) is 0.466. The summed E-state index contributed by atoms with van der Waals surface area (Å²) in [5.41, 5.74) is 0. The van der Waals surface area contributed by atoms with Crippen LogP contribution in [0.4, 0.5) is 0 Å². The van der Waals surface area contributed by atoms with E-state index in [1.807, 2.05) is 0 Å². The van der Waals surface area contributed by atoms with Crippen molar-refractivity contribution in [2.24, 2.45) is 15.2 Å². The lowest BCUT2D eigenvalue weighted by molar-refractivity contribution is 1.26. The molecule has 7 heavy (non-hydrogen) atoms. The number of allylic oxidation sites excluding steroid dienone is 1. The molecule has 1 heterocycles. The Labute approximate surface area is 40.8 Å². The van der Waals surface area contributed by atoms with Crippen LogP contribution in [0, 0.1) is 0 Å². The lowest BCUT2D eigenvalue weighted by Gasteiger charge is -1.62. The van der Waals surface area contributed by atoms with E-state index in [0.717, 1.165) is 0 Å². The Morgan fingerprint density at radius 2 is 2.29 bits per heavy atom. The molecule has 3 heteroatoms. The maximum absolute atomic E-state index is 3.55. The standard InChI is InChI=1S/C4H3N3/c1-2-5-4-7-6-3-1/h1,3-4H. The number of hydrogen-bond acceptors (Lipinski definition) is 3. The lowest BCUT2D eigenvalue weighted by Crippen LogP contribution is -1.55. The SMILES string of the molecule is C1=CC=NN=CN=1. The molecule has 0 aliphatic carbocycles. The third-order valence-corrected chi connectivity index (χ3v) is 0.466. The van der Waals surface area contributed by atoms with Gasteiger partial charge in [0.05, 0.1) is 6.21 Å². The summed E-state index contributed by atoms with van der Waals surface area (Å²) in [4.78, 5) is 3.55. The van der Waals surface area contributed by atoms with Crippen molar-refractivity contribution in [3.63, 3.8) is 0 Å². The second kappa shape index (κ2) is 2.05. The molecule has 1 aliphatic heterocycles. The minimum atomic E-state index is 1.33. The summed E-state index contributed by atoms with van der Waals surface area (Å²) in [6.45, 7) is 0. The van der Waals surface area contributed by atoms with E-state index in [0.29, 0.717) is 0 Å². The Kier molecular flexibility index (Phi) is 1.16. The van der Waals surface area contributed by atoms with Crippen molar-refractivity contribution in [2.45, 2.75) is 0 Å². The highest BCUT2D eigenvalue weighted by Crippen LogP contribution is 1.70. The van der Waals surface area contributed by atoms with E-state index in [9.17, 15) is 0 Å². The number of aliphatic imine (C=N–C) groups is 1. The van der Waals surface area contributed by atoms with Gasteiger partial charge in [-0.25, -0.2) is 0 Å². The van der Waals surface area contributed by atoms with Gasteiger partial charge >= 0.3 is 0 Å². The van der Waals surface area contributed by atoms with Crippen molar-refractivity contribution in [1.29, 1.82) is 0 Å². The second-order valence-electron chi connectivity index (χ2n) is 0.920. The molecule has 3 nitrogen and oxygen atoms in total. The Morgan fingerprint density at radius 1 is 1.29 bits per heavy atom. The summed E-state index contributed by atoms with van der Waals surface area (Å²) < 4.78 is 0. The van der Waals surface area contributed by atoms with Gasteiger partial charge in [0.25, 0.3) is 0 Å². The van der Waals surface area contributed by atoms with Gasteiger partial charge < -0.3 is 0 Å². The molecule has 0 N–H and O–H groups in total. The van der Waals surface area contributed by atoms with Crippen molar-refractivity contribution in [3.05, 3.63) is 6.08 Å². The first-order chi connectivity index (χ1) is 3.50. The van der Waals surface area contributed by atoms with Gasteiger partial charge in [-0.3, -0.25) is 0 Å². The fourth-order valence-corrected chi connectivity index (χ4v) is 0.237. The number of nitrogens with zero attached hydrogens (tertiary/aromatic N) is 3. The van der Waals surface area contributed by atoms with Crippen LogP contribution in [0.1, 0.15) is 0 Å². The summed E-state index contributed by atoms with van der Waals surface area (Å²) >= 11 is 0. The summed E-state index contributed by atoms with van der Waals surface area (Å²) in [6, 6.07) is 0. The molecule has 0 bridgehead atoms. The van der Waals surface area contributed by atoms with Crippen LogP contribution in [0.15, 0.2) is 21.3 Å². The van der Waals surface area contributed by atoms with Crippen LogP contribution in [0.2, 0.25) is 0 Å². The van der Waals surface area contributed by atoms with Crippen LogP contribution in [-0.2, 0) is 0 Å². The molecule has 0 atom stereocenters. The van der Waals surface area contributed by atoms with E-state index < -0.39 is 0 Å². The summed E-state index contributed by atoms with van der Waals surface area (Å²) in [6.07, 6.45) is 4.44. The first-order valence-electron chi connectivity index (χ1n) is 1.82. The second-order valence-corrected chi connectivity index (χ2v) is 0.920. The van der Waals surface area contributed by atoms with Gasteiger partial charge in [-0.05, 0) is 5.87 Å². The van der Waals surface area contributed by atoms with Crippen molar-refractivity contribution < 1.29 is 0 Å². The molecule has 1 rings (SSSR count). The van der Waals surface area contributed by atoms with E-state index in [1.54, 1.807) is 6.08 Å². The summed E-state index contributed by atoms with van der Waals surface area (Å²) in [7, 11) is 0. The van der Waals surface area contributed by atoms with Crippen LogP contribution in [0.25, 0.3) is 0 Å². The molecule has 0 saturated carbocycles. The largest absolute Gasteiger partial charge is 0.192 e. The van der Waals surface area contributed by atoms with Crippen LogP contribution in [-0.4, -0.2) is 18.4 Å². The maximum Gasteiger partial charge on any atom is 0.147 e. The number of rotatable bonds is 0. The van der Waals surface area contributed by atoms with Gasteiger partial charge in [0.1, 0.15) is 6.34 Å². The average Bonchev–Trinajstić information content (AvgIpc) is 1.90. The summed E-state index contributed by atoms with van der Waals surface area (Å²) in [5.74, 6) is 2.55. The fraction of sp³-hybridized carbons (Fsp3) is 0. The van der Waals surface area contributed by atoms with Crippen molar-refractivity contribution in [1.82, 2.24) is 0 Å². The smallest absolute Gasteiger partial charge is 0.147 e. The molecular formula is C4H3N3. The van der Waals surface area contributed by atoms with Crippen LogP contribution >= 0.6 is 0 Å². The first kappa shape index (κ1) is 3.96. The zero-order chi connectivity index (χ0) is 4.95. The maximum atomic E-state index is 3.55. The highest BCUT2D eigenvalue weighted by Gasteiger charge is 1.64. The quantitative estimate of drug-likeness (QED) is 0.411. The van der Waals surface area contributed by atoms with E-state index >= 15 is 0 Å². The Bertz CT molecular complexity index is 144. The zero-order valence-corrected chi connectivity index (χ0v) is 3.57. The molecule has 34 valence electrons. The Morgan fingerprint density at radius 3 is 3.29 bits per heavy atom. The predicted octanol–water partition coefficient (Wildman–Crippen LogP) is 0.240. The van der Waals surface area contributed by atoms with Crippen molar-refractivity contribution in [3.8, 4) is 0 Å². The molecular weight excluding hydrogens is 90.1 g/mol. The predicted molar refractivity (Wildman–Crippen MR) is 29.0 cm³/mol. The first-order valence-corrected chi connectivity index (χ1v) is 1.82. The Hall–Kier alpha value is -1.21. The van der Waals surface area contributed by atoms with E-state index in [4.69, 9.17) is 0 Å². The van der Waals surface area contributed by atoms with Crippen molar-refractivity contribution >= 4 is 18.4 Å². The molecule has 0 saturated heterocycles. The van der Waals surface area contributed by atoms with Crippen LogP contribution < -0.4 is 0 Å². The Balaban J connectivity index is 2.86. The molecule has 1 aliphatic rings. The summed E-state index contributed by atoms with van der Waals surface area (Å²) in [5, 5.41) is 6.96. The molecule has 0 fully saturated rings. The normalized spacial score (nSPS) is 14.9. The highest BCUT2D eigenvalue weighted by atomic mass is 15.2. The topological polar surface area (TPSA) is 37.1 Å². The number of hydrogen-bond donors (Lipinski definition) is 0. The minimum absolute atomic E-state index is 1.33. The van der Waals surface area contributed by atoms with E-state index in [2.05, 4.69) is 21.1 Å². The molecule has 0 radical (unpaired) electrons. The highest BCUT2D eigenvalue weighted by molar-refractivity contribution is 5.87. The molecule has 0 aromatic rings. The van der Waals surface area contributed by atoms with Gasteiger partial charge in [-0.15, -0.1) is 5.10 Å². The minimum Gasteiger partial charge on any atom is -0.192 e. The molecule has 0 aromatic heterocycles. The van der Waals surface area contributed by atoms with Crippen molar-refractivity contribution in [2.75, 3.05) is 0 Å². The molecule has 0 unspecified atom stereocenters. The van der Waals surface area contributed by atoms with Gasteiger partial charge in [0, 0.05) is 6.08 Å². The van der Waals surface area contributed by atoms with E-state index in [-0.39, 0.29) is 0 Å². The van der Waals surface area contributed by atoms with Crippen LogP contribution in [0.3, 0.4) is 0 Å². The van der Waals surface area contributed by atoms with E-state index in [1.165, 1.54) is 12.6 Å². The monoisotopic (exact) mass is 93.0 g/mol. The fourth-order valence-electron chi connectivity index (χ4n) is 0.237. The van der Waals surface area contributed by atoms with Crippen LogP contribution in [0.5, 0.6) is 0 Å². The van der Waals surface area contributed by atoms with Gasteiger partial charge in [-0.1, -0.05) is 0 Å². The van der Waals surface area contributed by atoms with Gasteiger partial charge in [0.15, 0.2) is 0 Å². The molecule has 0 amide bonds. The lowest BCUT2D eigenvalue weighted by atomic mass is 10.7.